The zero-order chi connectivity index (χ0) is 63.8. The third-order valence-electron chi connectivity index (χ3n) is 15.3. The van der Waals surface area contributed by atoms with Crippen LogP contribution in [0.15, 0.2) is 0 Å². The molecule has 26 nitrogen and oxygen atoms in total. The fourth-order valence-electron chi connectivity index (χ4n) is 10.0. The van der Waals surface area contributed by atoms with E-state index in [-0.39, 0.29) is 56.7 Å². The molecule has 83 heavy (non-hydrogen) atoms. The van der Waals surface area contributed by atoms with Gasteiger partial charge in [-0.25, -0.2) is 0 Å². The first-order valence-electron chi connectivity index (χ1n) is 29.2. The Morgan fingerprint density at radius 3 is 1.55 bits per heavy atom. The lowest BCUT2D eigenvalue weighted by Gasteiger charge is -2.36. The van der Waals surface area contributed by atoms with Gasteiger partial charge in [0.15, 0.2) is 0 Å². The summed E-state index contributed by atoms with van der Waals surface area (Å²) in [6.07, 6.45) is 0.129. The molecule has 2 rings (SSSR count). The van der Waals surface area contributed by atoms with Crippen LogP contribution in [-0.4, -0.2) is 182 Å². The fourth-order valence-corrected chi connectivity index (χ4v) is 10.0. The van der Waals surface area contributed by atoms with Gasteiger partial charge < -0.3 is 73.6 Å². The Morgan fingerprint density at radius 1 is 0.566 bits per heavy atom. The van der Waals surface area contributed by atoms with Gasteiger partial charge in [0.25, 0.3) is 0 Å². The van der Waals surface area contributed by atoms with Crippen molar-refractivity contribution < 1.29 is 67.7 Å². The van der Waals surface area contributed by atoms with Gasteiger partial charge in [0.1, 0.15) is 58.9 Å². The molecule has 2 heterocycles. The van der Waals surface area contributed by atoms with Crippen molar-refractivity contribution >= 4 is 70.9 Å². The van der Waals surface area contributed by atoms with Crippen molar-refractivity contribution in [2.45, 2.75) is 240 Å². The maximum Gasteiger partial charge on any atom is 0.248 e. The van der Waals surface area contributed by atoms with Crippen LogP contribution in [-0.2, 0) is 57.5 Å². The van der Waals surface area contributed by atoms with E-state index in [1.54, 1.807) is 27.7 Å². The summed E-state index contributed by atoms with van der Waals surface area (Å²) in [6, 6.07) is -9.30. The number of nitrogens with two attached hydrogens (primary N) is 1. The zero-order valence-corrected chi connectivity index (χ0v) is 52.1. The molecular formula is C57H100N12O14. The van der Waals surface area contributed by atoms with Crippen LogP contribution in [0.25, 0.3) is 0 Å². The van der Waals surface area contributed by atoms with Gasteiger partial charge in [0.05, 0.1) is 25.2 Å². The van der Waals surface area contributed by atoms with Crippen LogP contribution >= 0.6 is 0 Å². The molecule has 11 atom stereocenters. The summed E-state index contributed by atoms with van der Waals surface area (Å²) in [5.41, 5.74) is 0.574. The van der Waals surface area contributed by atoms with Crippen LogP contribution in [0.4, 0.5) is 0 Å². The molecule has 2 saturated heterocycles. The molecule has 12 amide bonds. The van der Waals surface area contributed by atoms with Crippen molar-refractivity contribution in [1.82, 2.24) is 57.7 Å². The second-order valence-corrected chi connectivity index (χ2v) is 25.4. The number of amides is 12. The summed E-state index contributed by atoms with van der Waals surface area (Å²) in [5.74, 6) is -10.3. The van der Waals surface area contributed by atoms with E-state index in [1.165, 1.54) is 53.4 Å². The molecule has 2 fully saturated rings. The quantitative estimate of drug-likeness (QED) is 0.0407. The fraction of sp³-hybridized carbons (Fsp3) is 0.789. The van der Waals surface area contributed by atoms with Crippen LogP contribution in [0.5, 0.6) is 0 Å². The summed E-state index contributed by atoms with van der Waals surface area (Å²) in [4.78, 5) is 166. The van der Waals surface area contributed by atoms with Crippen molar-refractivity contribution in [3.63, 3.8) is 0 Å². The van der Waals surface area contributed by atoms with E-state index in [4.69, 9.17) is 5.73 Å². The second kappa shape index (κ2) is 31.5. The molecule has 0 spiro atoms. The molecule has 0 aromatic carbocycles. The maximum atomic E-state index is 14.5. The number of nitrogens with zero attached hydrogens (tertiary/aromatic N) is 2. The lowest BCUT2D eigenvalue weighted by Crippen LogP contribution is -2.64. The molecule has 0 aliphatic carbocycles. The molecule has 26 heteroatoms. The Morgan fingerprint density at radius 2 is 1.06 bits per heavy atom. The normalized spacial score (nSPS) is 19.5. The van der Waals surface area contributed by atoms with Gasteiger partial charge in [-0.2, -0.15) is 0 Å². The molecule has 2 aliphatic heterocycles. The molecule has 0 bridgehead atoms. The Hall–Kier alpha value is -6.44. The predicted octanol–water partition coefficient (Wildman–Crippen LogP) is -0.740. The van der Waals surface area contributed by atoms with Gasteiger partial charge in [-0.1, -0.05) is 82.1 Å². The highest BCUT2D eigenvalue weighted by Gasteiger charge is 2.47. The summed E-state index contributed by atoms with van der Waals surface area (Å²) >= 11 is 0. The number of likely N-dealkylation sites (tertiary alicyclic amines) is 2. The summed E-state index contributed by atoms with van der Waals surface area (Å²) < 4.78 is 0. The molecule has 0 radical (unpaired) electrons. The number of carbonyl (C=O) groups excluding carboxylic acids is 12. The first-order chi connectivity index (χ1) is 38.2. The Kier molecular flexibility index (Phi) is 27.5. The maximum absolute atomic E-state index is 14.5. The standard InChI is InChI=1S/C57H100N12O14/c1-18-32(9)39(28-70)61-48(77)40-21-20-22-68(40)53(82)56(14,15)66-47(76)37(24-30(5)6)59-45(74)36(23-29(3)4)60-49(78)41-25-35(72)27-69(41)54(83)57(16,17)67-51(80)44(33(10)19-2)64-50(79)43(31(7)8)63-46(75)38(26-42(58)73)62-52(81)55(12,13)65-34(11)71/h29-33,35-41,43-44,70,72H,18-28H2,1-17H3,(H2,58,73)(H,59,74)(H,60,78)(H,61,77)(H,62,81)(H,63,75)(H,64,79)(H,65,71)(H,66,76)(H,67,80)/t32-,33+,35-,36+,37+,38+,39-,40+,41+,43+,44+/m1/s1. The number of rotatable bonds is 31. The first-order valence-corrected chi connectivity index (χ1v) is 29.2. The van der Waals surface area contributed by atoms with Gasteiger partial charge >= 0.3 is 0 Å². The van der Waals surface area contributed by atoms with Gasteiger partial charge in [0.2, 0.25) is 70.9 Å². The van der Waals surface area contributed by atoms with E-state index in [0.29, 0.717) is 25.7 Å². The van der Waals surface area contributed by atoms with Gasteiger partial charge in [-0.15, -0.1) is 0 Å². The predicted molar refractivity (Wildman–Crippen MR) is 308 cm³/mol. The number of hydrogen-bond donors (Lipinski definition) is 12. The van der Waals surface area contributed by atoms with Crippen molar-refractivity contribution in [2.24, 2.45) is 35.3 Å². The number of β-amino-alcohol motifs (C(OH)–C–C–N with tert-alkyl or cyclic N) is 1. The Bertz CT molecular complexity index is 2340. The van der Waals surface area contributed by atoms with E-state index in [0.717, 1.165) is 4.90 Å². The second-order valence-electron chi connectivity index (χ2n) is 25.4. The molecule has 0 aromatic rings. The van der Waals surface area contributed by atoms with E-state index in [1.807, 2.05) is 41.5 Å². The number of nitrogens with one attached hydrogen (secondary N) is 9. The summed E-state index contributed by atoms with van der Waals surface area (Å²) in [5, 5.41) is 44.8. The number of aliphatic hydroxyl groups is 2. The molecule has 2 aliphatic rings. The smallest absolute Gasteiger partial charge is 0.248 e. The third kappa shape index (κ3) is 21.3. The third-order valence-corrected chi connectivity index (χ3v) is 15.3. The minimum absolute atomic E-state index is 0.0137. The van der Waals surface area contributed by atoms with Crippen LogP contribution < -0.4 is 53.6 Å². The molecule has 472 valence electrons. The first kappa shape index (κ1) is 72.7. The van der Waals surface area contributed by atoms with E-state index < -0.39 is 160 Å². The minimum atomic E-state index is -1.79. The molecule has 0 aromatic heterocycles. The van der Waals surface area contributed by atoms with Crippen molar-refractivity contribution in [3.8, 4) is 0 Å². The average Bonchev–Trinajstić information content (AvgIpc) is 4.28. The van der Waals surface area contributed by atoms with Crippen molar-refractivity contribution in [3.05, 3.63) is 0 Å². The molecular weight excluding hydrogens is 1080 g/mol. The van der Waals surface area contributed by atoms with Crippen molar-refractivity contribution in [1.29, 1.82) is 0 Å². The SMILES string of the molecule is CC[C@@H](C)[C@@H](CO)NC(=O)[C@@H]1CCCN1C(=O)C(C)(C)NC(=O)[C@H](CC(C)C)NC(=O)[C@H](CC(C)C)NC(=O)[C@@H]1C[C@@H](O)CN1C(=O)C(C)(C)NC(=O)[C@@H](NC(=O)[C@@H](NC(=O)[C@H](CC(N)=O)NC(=O)C(C)(C)NC(C)=O)C(C)C)[C@@H](C)CC. The highest BCUT2D eigenvalue weighted by Crippen LogP contribution is 2.26. The average molecular weight is 1180 g/mol. The number of carbonyl (C=O) groups is 12. The topological polar surface area (TPSA) is 386 Å². The highest BCUT2D eigenvalue weighted by atomic mass is 16.3. The van der Waals surface area contributed by atoms with Gasteiger partial charge in [-0.3, -0.25) is 57.5 Å². The van der Waals surface area contributed by atoms with Crippen LogP contribution in [0.2, 0.25) is 0 Å². The van der Waals surface area contributed by atoms with Gasteiger partial charge in [0, 0.05) is 26.4 Å². The van der Waals surface area contributed by atoms with Crippen LogP contribution in [0, 0.1) is 29.6 Å². The lowest BCUT2D eigenvalue weighted by molar-refractivity contribution is -0.146. The van der Waals surface area contributed by atoms with Crippen molar-refractivity contribution in [2.75, 3.05) is 19.7 Å². The highest BCUT2D eigenvalue weighted by molar-refractivity contribution is 6.01. The molecule has 0 saturated carbocycles. The van der Waals surface area contributed by atoms with Gasteiger partial charge in [-0.05, 0) is 96.8 Å². The van der Waals surface area contributed by atoms with E-state index in [9.17, 15) is 67.7 Å². The van der Waals surface area contributed by atoms with Crippen LogP contribution in [0.3, 0.4) is 0 Å². The van der Waals surface area contributed by atoms with E-state index in [2.05, 4.69) is 47.9 Å². The minimum Gasteiger partial charge on any atom is -0.394 e. The summed E-state index contributed by atoms with van der Waals surface area (Å²) in [6.45, 7) is 27.2. The van der Waals surface area contributed by atoms with Crippen LogP contribution in [0.1, 0.15) is 169 Å². The number of aliphatic hydroxyl groups excluding tert-OH is 2. The largest absolute Gasteiger partial charge is 0.394 e. The molecule has 13 N–H and O–H groups in total. The Labute approximate surface area is 489 Å². The Balaban J connectivity index is 2.34. The number of hydrogen-bond acceptors (Lipinski definition) is 14. The summed E-state index contributed by atoms with van der Waals surface area (Å²) in [7, 11) is 0. The number of primary amides is 1. The lowest BCUT2D eigenvalue weighted by atomic mass is 9.94. The zero-order valence-electron chi connectivity index (χ0n) is 52.1. The molecule has 0 unspecified atom stereocenters. The monoisotopic (exact) mass is 1180 g/mol. The van der Waals surface area contributed by atoms with E-state index >= 15 is 0 Å².